The van der Waals surface area contributed by atoms with Crippen molar-refractivity contribution in [3.8, 4) is 5.75 Å². The summed E-state index contributed by atoms with van der Waals surface area (Å²) in [5.74, 6) is 2.60. The molecule has 2 nitrogen and oxygen atoms in total. The van der Waals surface area contributed by atoms with Gasteiger partial charge in [-0.25, -0.2) is 0 Å². The van der Waals surface area contributed by atoms with Gasteiger partial charge in [0, 0.05) is 24.1 Å². The van der Waals surface area contributed by atoms with Crippen LogP contribution in [0.15, 0.2) is 28.7 Å². The average Bonchev–Trinajstić information content (AvgIpc) is 2.30. The van der Waals surface area contributed by atoms with E-state index in [1.54, 1.807) is 0 Å². The van der Waals surface area contributed by atoms with Crippen molar-refractivity contribution in [1.29, 1.82) is 0 Å². The van der Waals surface area contributed by atoms with E-state index in [0.29, 0.717) is 0 Å². The van der Waals surface area contributed by atoms with Gasteiger partial charge in [0.1, 0.15) is 12.4 Å². The third kappa shape index (κ3) is 4.29. The zero-order chi connectivity index (χ0) is 13.0. The molecule has 2 atom stereocenters. The van der Waals surface area contributed by atoms with Crippen molar-refractivity contribution < 1.29 is 4.74 Å². The Morgan fingerprint density at radius 2 is 1.78 bits per heavy atom. The lowest BCUT2D eigenvalue weighted by Gasteiger charge is -2.34. The van der Waals surface area contributed by atoms with E-state index in [9.17, 15) is 0 Å². The van der Waals surface area contributed by atoms with E-state index in [0.717, 1.165) is 35.2 Å². The number of halogens is 1. The zero-order valence-electron chi connectivity index (χ0n) is 11.2. The van der Waals surface area contributed by atoms with Crippen molar-refractivity contribution in [1.82, 2.24) is 4.90 Å². The Morgan fingerprint density at radius 1 is 1.17 bits per heavy atom. The Bertz CT molecular complexity index is 355. The molecule has 18 heavy (non-hydrogen) atoms. The minimum absolute atomic E-state index is 0.779. The second-order valence-corrected chi connectivity index (χ2v) is 6.42. The normalized spacial score (nSPS) is 25.1. The van der Waals surface area contributed by atoms with E-state index in [1.807, 2.05) is 24.3 Å². The summed E-state index contributed by atoms with van der Waals surface area (Å²) in [5, 5.41) is 0. The van der Waals surface area contributed by atoms with Gasteiger partial charge in [0.25, 0.3) is 0 Å². The predicted octanol–water partition coefficient (Wildman–Crippen LogP) is 3.81. The molecule has 0 unspecified atom stereocenters. The lowest BCUT2D eigenvalue weighted by Crippen LogP contribution is -2.40. The third-order valence-corrected chi connectivity index (χ3v) is 3.96. The van der Waals surface area contributed by atoms with Crippen LogP contribution in [0.25, 0.3) is 0 Å². The van der Waals surface area contributed by atoms with Crippen LogP contribution in [0.1, 0.15) is 20.3 Å². The number of nitrogens with zero attached hydrogens (tertiary/aromatic N) is 1. The SMILES string of the molecule is C[C@@H]1C[C@@H](C)CN(CCOc2ccc(Br)cc2)C1. The summed E-state index contributed by atoms with van der Waals surface area (Å²) < 4.78 is 6.86. The number of rotatable bonds is 4. The number of benzene rings is 1. The van der Waals surface area contributed by atoms with Crippen LogP contribution in [0, 0.1) is 11.8 Å². The lowest BCUT2D eigenvalue weighted by molar-refractivity contribution is 0.120. The molecule has 0 N–H and O–H groups in total. The van der Waals surface area contributed by atoms with Crippen LogP contribution in [-0.4, -0.2) is 31.1 Å². The first-order valence-electron chi connectivity index (χ1n) is 6.74. The highest BCUT2D eigenvalue weighted by Gasteiger charge is 2.21. The standard InChI is InChI=1S/C15H22BrNO/c1-12-9-13(2)11-17(10-12)7-8-18-15-5-3-14(16)4-6-15/h3-6,12-13H,7-11H2,1-2H3/t12-,13-/m1/s1. The summed E-state index contributed by atoms with van der Waals surface area (Å²) in [5.41, 5.74) is 0. The Kier molecular flexibility index (Phi) is 5.07. The molecule has 0 amide bonds. The topological polar surface area (TPSA) is 12.5 Å². The van der Waals surface area contributed by atoms with Crippen LogP contribution in [0.4, 0.5) is 0 Å². The highest BCUT2D eigenvalue weighted by Crippen LogP contribution is 2.21. The van der Waals surface area contributed by atoms with Crippen LogP contribution in [0.5, 0.6) is 5.75 Å². The van der Waals surface area contributed by atoms with Gasteiger partial charge in [0.15, 0.2) is 0 Å². The van der Waals surface area contributed by atoms with Gasteiger partial charge in [-0.1, -0.05) is 29.8 Å². The first-order chi connectivity index (χ1) is 8.63. The molecule has 100 valence electrons. The van der Waals surface area contributed by atoms with Crippen molar-refractivity contribution in [3.05, 3.63) is 28.7 Å². The number of piperidine rings is 1. The molecule has 0 spiro atoms. The number of hydrogen-bond acceptors (Lipinski definition) is 2. The van der Waals surface area contributed by atoms with Crippen LogP contribution < -0.4 is 4.74 Å². The van der Waals surface area contributed by atoms with Crippen LogP contribution in [0.2, 0.25) is 0 Å². The first-order valence-corrected chi connectivity index (χ1v) is 7.53. The molecule has 1 heterocycles. The van der Waals surface area contributed by atoms with E-state index in [1.165, 1.54) is 19.5 Å². The first kappa shape index (κ1) is 13.9. The molecule has 0 saturated carbocycles. The molecule has 1 fully saturated rings. The Balaban J connectivity index is 1.73. The van der Waals surface area contributed by atoms with Crippen molar-refractivity contribution in [2.24, 2.45) is 11.8 Å². The summed E-state index contributed by atoms with van der Waals surface area (Å²) in [6.07, 6.45) is 1.37. The maximum atomic E-state index is 5.77. The maximum absolute atomic E-state index is 5.77. The molecule has 1 aromatic carbocycles. The van der Waals surface area contributed by atoms with Crippen LogP contribution >= 0.6 is 15.9 Å². The summed E-state index contributed by atoms with van der Waals surface area (Å²) in [6, 6.07) is 8.04. The molecule has 1 aromatic rings. The van der Waals surface area contributed by atoms with Gasteiger partial charge in [-0.05, 0) is 42.5 Å². The number of ether oxygens (including phenoxy) is 1. The second kappa shape index (κ2) is 6.58. The molecule has 0 bridgehead atoms. The van der Waals surface area contributed by atoms with Crippen molar-refractivity contribution >= 4 is 15.9 Å². The summed E-state index contributed by atoms with van der Waals surface area (Å²) in [7, 11) is 0. The van der Waals surface area contributed by atoms with Crippen LogP contribution in [0.3, 0.4) is 0 Å². The Hall–Kier alpha value is -0.540. The minimum atomic E-state index is 0.779. The quantitative estimate of drug-likeness (QED) is 0.838. The summed E-state index contributed by atoms with van der Waals surface area (Å²) >= 11 is 3.43. The molecular formula is C15H22BrNO. The molecule has 2 rings (SSSR count). The summed E-state index contributed by atoms with van der Waals surface area (Å²) in [4.78, 5) is 2.53. The maximum Gasteiger partial charge on any atom is 0.119 e. The monoisotopic (exact) mass is 311 g/mol. The van der Waals surface area contributed by atoms with Gasteiger partial charge in [-0.2, -0.15) is 0 Å². The van der Waals surface area contributed by atoms with Gasteiger partial charge >= 0.3 is 0 Å². The van der Waals surface area contributed by atoms with Crippen molar-refractivity contribution in [2.75, 3.05) is 26.2 Å². The fraction of sp³-hybridized carbons (Fsp3) is 0.600. The molecule has 0 radical (unpaired) electrons. The highest BCUT2D eigenvalue weighted by molar-refractivity contribution is 9.10. The average molecular weight is 312 g/mol. The van der Waals surface area contributed by atoms with Crippen molar-refractivity contribution in [2.45, 2.75) is 20.3 Å². The third-order valence-electron chi connectivity index (χ3n) is 3.43. The number of likely N-dealkylation sites (tertiary alicyclic amines) is 1. The van der Waals surface area contributed by atoms with E-state index >= 15 is 0 Å². The molecule has 1 saturated heterocycles. The largest absolute Gasteiger partial charge is 0.492 e. The van der Waals surface area contributed by atoms with Gasteiger partial charge in [0.05, 0.1) is 0 Å². The van der Waals surface area contributed by atoms with Gasteiger partial charge in [-0.15, -0.1) is 0 Å². The zero-order valence-corrected chi connectivity index (χ0v) is 12.8. The van der Waals surface area contributed by atoms with E-state index in [4.69, 9.17) is 4.74 Å². The lowest BCUT2D eigenvalue weighted by atomic mass is 9.92. The molecule has 1 aliphatic rings. The Labute approximate surface area is 118 Å². The van der Waals surface area contributed by atoms with Crippen molar-refractivity contribution in [3.63, 3.8) is 0 Å². The highest BCUT2D eigenvalue weighted by atomic mass is 79.9. The van der Waals surface area contributed by atoms with E-state index in [2.05, 4.69) is 34.7 Å². The fourth-order valence-corrected chi connectivity index (χ4v) is 3.06. The molecule has 0 aromatic heterocycles. The van der Waals surface area contributed by atoms with Gasteiger partial charge in [0.2, 0.25) is 0 Å². The molecule has 1 aliphatic heterocycles. The molecule has 3 heteroatoms. The van der Waals surface area contributed by atoms with Gasteiger partial charge < -0.3 is 4.74 Å². The second-order valence-electron chi connectivity index (χ2n) is 5.51. The Morgan fingerprint density at radius 3 is 2.39 bits per heavy atom. The fourth-order valence-electron chi connectivity index (χ4n) is 2.80. The minimum Gasteiger partial charge on any atom is -0.492 e. The molecular weight excluding hydrogens is 290 g/mol. The van der Waals surface area contributed by atoms with E-state index < -0.39 is 0 Å². The number of hydrogen-bond donors (Lipinski definition) is 0. The summed E-state index contributed by atoms with van der Waals surface area (Å²) in [6.45, 7) is 8.93. The smallest absolute Gasteiger partial charge is 0.119 e. The molecule has 0 aliphatic carbocycles. The van der Waals surface area contributed by atoms with Crippen LogP contribution in [-0.2, 0) is 0 Å². The van der Waals surface area contributed by atoms with E-state index in [-0.39, 0.29) is 0 Å². The predicted molar refractivity (Wildman–Crippen MR) is 79.0 cm³/mol. The van der Waals surface area contributed by atoms with Gasteiger partial charge in [-0.3, -0.25) is 4.90 Å².